The molecule has 3 heterocycles. The Morgan fingerprint density at radius 2 is 1.73 bits per heavy atom. The Hall–Kier alpha value is -2.24. The number of nitrogens with zero attached hydrogens (tertiary/aromatic N) is 2. The number of carbonyl (C=O) groups excluding carboxylic acids is 2. The fourth-order valence-corrected chi connectivity index (χ4v) is 4.42. The van der Waals surface area contributed by atoms with Gasteiger partial charge in [-0.1, -0.05) is 13.8 Å². The van der Waals surface area contributed by atoms with Crippen LogP contribution in [0.3, 0.4) is 0 Å². The molecule has 6 nitrogen and oxygen atoms in total. The summed E-state index contributed by atoms with van der Waals surface area (Å²) in [7, 11) is 0. The van der Waals surface area contributed by atoms with E-state index in [1.54, 1.807) is 4.90 Å². The summed E-state index contributed by atoms with van der Waals surface area (Å²) in [5.74, 6) is 2.27. The molecule has 4 rings (SSSR count). The quantitative estimate of drug-likeness (QED) is 0.814. The second-order valence-corrected chi connectivity index (χ2v) is 7.92. The molecule has 0 spiro atoms. The maximum atomic E-state index is 12.9. The van der Waals surface area contributed by atoms with Gasteiger partial charge in [0.1, 0.15) is 13.2 Å². The summed E-state index contributed by atoms with van der Waals surface area (Å²) < 4.78 is 11.2. The summed E-state index contributed by atoms with van der Waals surface area (Å²) in [6.07, 6.45) is 1.45. The van der Waals surface area contributed by atoms with Crippen LogP contribution in [0.1, 0.15) is 26.7 Å². The molecule has 1 aromatic carbocycles. The van der Waals surface area contributed by atoms with Crippen LogP contribution in [0.2, 0.25) is 0 Å². The third-order valence-electron chi connectivity index (χ3n) is 5.49. The van der Waals surface area contributed by atoms with Crippen molar-refractivity contribution in [2.75, 3.05) is 37.7 Å². The molecule has 3 aliphatic rings. The first-order valence-electron chi connectivity index (χ1n) is 9.50. The summed E-state index contributed by atoms with van der Waals surface area (Å²) >= 11 is 0. The molecular formula is C20H26N2O4. The van der Waals surface area contributed by atoms with E-state index in [2.05, 4.69) is 13.8 Å². The van der Waals surface area contributed by atoms with Crippen molar-refractivity contribution < 1.29 is 19.1 Å². The van der Waals surface area contributed by atoms with E-state index in [1.165, 1.54) is 0 Å². The van der Waals surface area contributed by atoms with Crippen molar-refractivity contribution in [2.24, 2.45) is 17.8 Å². The highest BCUT2D eigenvalue weighted by Gasteiger charge is 2.39. The van der Waals surface area contributed by atoms with Crippen molar-refractivity contribution in [3.05, 3.63) is 18.2 Å². The molecule has 3 atom stereocenters. The second kappa shape index (κ2) is 6.82. The highest BCUT2D eigenvalue weighted by molar-refractivity contribution is 6.00. The lowest BCUT2D eigenvalue weighted by molar-refractivity contribution is -0.138. The predicted molar refractivity (Wildman–Crippen MR) is 97.4 cm³/mol. The Labute approximate surface area is 154 Å². The van der Waals surface area contributed by atoms with Crippen LogP contribution in [-0.4, -0.2) is 49.6 Å². The van der Waals surface area contributed by atoms with Crippen LogP contribution in [0, 0.1) is 17.8 Å². The van der Waals surface area contributed by atoms with E-state index in [1.807, 2.05) is 23.1 Å². The van der Waals surface area contributed by atoms with Gasteiger partial charge in [-0.2, -0.15) is 0 Å². The number of carbonyl (C=O) groups is 2. The summed E-state index contributed by atoms with van der Waals surface area (Å²) in [6, 6.07) is 5.54. The number of benzene rings is 1. The monoisotopic (exact) mass is 358 g/mol. The summed E-state index contributed by atoms with van der Waals surface area (Å²) in [4.78, 5) is 29.2. The highest BCUT2D eigenvalue weighted by Crippen LogP contribution is 2.36. The van der Waals surface area contributed by atoms with Crippen molar-refractivity contribution in [3.8, 4) is 11.5 Å². The standard InChI is InChI=1S/C20H26N2O4/c1-13-7-14(2)11-21(10-13)20(24)15-8-19(23)22(12-15)16-3-4-17-18(9-16)26-6-5-25-17/h3-4,9,13-15H,5-8,10-12H2,1-2H3/t13-,14+,15-/m0/s1. The first-order chi connectivity index (χ1) is 12.5. The maximum absolute atomic E-state index is 12.9. The van der Waals surface area contributed by atoms with Gasteiger partial charge in [0.05, 0.1) is 5.92 Å². The summed E-state index contributed by atoms with van der Waals surface area (Å²) in [6.45, 7) is 7.48. The molecule has 2 amide bonds. The van der Waals surface area contributed by atoms with Crippen LogP contribution in [0.4, 0.5) is 5.69 Å². The molecule has 140 valence electrons. The zero-order valence-electron chi connectivity index (χ0n) is 15.4. The topological polar surface area (TPSA) is 59.1 Å². The minimum atomic E-state index is -0.256. The zero-order chi connectivity index (χ0) is 18.3. The number of hydrogen-bond donors (Lipinski definition) is 0. The maximum Gasteiger partial charge on any atom is 0.228 e. The van der Waals surface area contributed by atoms with E-state index in [-0.39, 0.29) is 24.2 Å². The Bertz CT molecular complexity index is 710. The van der Waals surface area contributed by atoms with Gasteiger partial charge in [-0.15, -0.1) is 0 Å². The minimum absolute atomic E-state index is 0.00173. The van der Waals surface area contributed by atoms with Gasteiger partial charge in [0.15, 0.2) is 11.5 Å². The Morgan fingerprint density at radius 1 is 1.04 bits per heavy atom. The fourth-order valence-electron chi connectivity index (χ4n) is 4.42. The van der Waals surface area contributed by atoms with Gasteiger partial charge in [0.25, 0.3) is 0 Å². The highest BCUT2D eigenvalue weighted by atomic mass is 16.6. The predicted octanol–water partition coefficient (Wildman–Crippen LogP) is 2.32. The van der Waals surface area contributed by atoms with E-state index in [4.69, 9.17) is 9.47 Å². The number of amides is 2. The lowest BCUT2D eigenvalue weighted by atomic mass is 9.91. The lowest BCUT2D eigenvalue weighted by Gasteiger charge is -2.36. The van der Waals surface area contributed by atoms with Gasteiger partial charge in [0, 0.05) is 37.8 Å². The molecule has 0 aliphatic carbocycles. The third-order valence-corrected chi connectivity index (χ3v) is 5.49. The SMILES string of the molecule is C[C@@H]1C[C@H](C)CN(C(=O)[C@H]2CC(=O)N(c3ccc4c(c3)OCCO4)C2)C1. The first-order valence-corrected chi connectivity index (χ1v) is 9.50. The average Bonchev–Trinajstić information content (AvgIpc) is 3.01. The molecule has 0 bridgehead atoms. The van der Waals surface area contributed by atoms with E-state index in [0.717, 1.165) is 25.2 Å². The van der Waals surface area contributed by atoms with Gasteiger partial charge in [-0.3, -0.25) is 9.59 Å². The number of piperidine rings is 1. The van der Waals surface area contributed by atoms with Gasteiger partial charge in [-0.05, 0) is 30.4 Å². The molecule has 0 radical (unpaired) electrons. The van der Waals surface area contributed by atoms with Crippen LogP contribution in [0.15, 0.2) is 18.2 Å². The van der Waals surface area contributed by atoms with Crippen LogP contribution in [-0.2, 0) is 9.59 Å². The molecular weight excluding hydrogens is 332 g/mol. The van der Waals surface area contributed by atoms with Gasteiger partial charge >= 0.3 is 0 Å². The molecule has 0 saturated carbocycles. The molecule has 0 N–H and O–H groups in total. The largest absolute Gasteiger partial charge is 0.486 e. The number of rotatable bonds is 2. The van der Waals surface area contributed by atoms with Crippen molar-refractivity contribution in [1.82, 2.24) is 4.90 Å². The Kier molecular flexibility index (Phi) is 4.51. The summed E-state index contributed by atoms with van der Waals surface area (Å²) in [5, 5.41) is 0. The van der Waals surface area contributed by atoms with Crippen LogP contribution in [0.25, 0.3) is 0 Å². The number of hydrogen-bond acceptors (Lipinski definition) is 4. The van der Waals surface area contributed by atoms with Gasteiger partial charge < -0.3 is 19.3 Å². The molecule has 2 fully saturated rings. The Balaban J connectivity index is 1.47. The lowest BCUT2D eigenvalue weighted by Crippen LogP contribution is -2.45. The van der Waals surface area contributed by atoms with E-state index in [0.29, 0.717) is 43.1 Å². The first kappa shape index (κ1) is 17.2. The molecule has 0 unspecified atom stereocenters. The van der Waals surface area contributed by atoms with Crippen molar-refractivity contribution in [2.45, 2.75) is 26.7 Å². The molecule has 1 aromatic rings. The molecule has 0 aromatic heterocycles. The molecule has 2 saturated heterocycles. The molecule has 6 heteroatoms. The molecule has 26 heavy (non-hydrogen) atoms. The Morgan fingerprint density at radius 3 is 2.46 bits per heavy atom. The van der Waals surface area contributed by atoms with Crippen molar-refractivity contribution in [1.29, 1.82) is 0 Å². The van der Waals surface area contributed by atoms with Crippen LogP contribution >= 0.6 is 0 Å². The molecule has 3 aliphatic heterocycles. The smallest absolute Gasteiger partial charge is 0.228 e. The average molecular weight is 358 g/mol. The minimum Gasteiger partial charge on any atom is -0.486 e. The van der Waals surface area contributed by atoms with Crippen molar-refractivity contribution >= 4 is 17.5 Å². The second-order valence-electron chi connectivity index (χ2n) is 7.92. The number of ether oxygens (including phenoxy) is 2. The van der Waals surface area contributed by atoms with Gasteiger partial charge in [-0.25, -0.2) is 0 Å². The normalized spacial score (nSPS) is 28.4. The number of fused-ring (bicyclic) bond motifs is 1. The van der Waals surface area contributed by atoms with Crippen molar-refractivity contribution in [3.63, 3.8) is 0 Å². The van der Waals surface area contributed by atoms with Crippen LogP contribution < -0.4 is 14.4 Å². The zero-order valence-corrected chi connectivity index (χ0v) is 15.4. The van der Waals surface area contributed by atoms with Crippen LogP contribution in [0.5, 0.6) is 11.5 Å². The fraction of sp³-hybridized carbons (Fsp3) is 0.600. The third kappa shape index (κ3) is 3.24. The van der Waals surface area contributed by atoms with Gasteiger partial charge in [0.2, 0.25) is 11.8 Å². The van der Waals surface area contributed by atoms with E-state index in [9.17, 15) is 9.59 Å². The number of anilines is 1. The van der Waals surface area contributed by atoms with E-state index < -0.39 is 0 Å². The number of likely N-dealkylation sites (tertiary alicyclic amines) is 1. The summed E-state index contributed by atoms with van der Waals surface area (Å²) in [5.41, 5.74) is 0.773. The van der Waals surface area contributed by atoms with E-state index >= 15 is 0 Å².